The molecule has 0 aliphatic carbocycles. The Morgan fingerprint density at radius 1 is 0.964 bits per heavy atom. The molecule has 0 unspecified atom stereocenters. The Morgan fingerprint density at radius 2 is 1.71 bits per heavy atom. The van der Waals surface area contributed by atoms with Crippen LogP contribution in [0, 0.1) is 0 Å². The number of benzene rings is 3. The number of hydrogen-bond acceptors (Lipinski definition) is 5. The number of rotatable bonds is 4. The average Bonchev–Trinajstić information content (AvgIpc) is 3.14. The Morgan fingerprint density at radius 3 is 2.50 bits per heavy atom. The van der Waals surface area contributed by atoms with Crippen molar-refractivity contribution in [3.05, 3.63) is 77.3 Å². The first-order valence-electron chi connectivity index (χ1n) is 8.56. The van der Waals surface area contributed by atoms with Gasteiger partial charge in [0.2, 0.25) is 0 Å². The molecule has 0 radical (unpaired) electrons. The molecule has 1 heterocycles. The van der Waals surface area contributed by atoms with Crippen LogP contribution in [0.1, 0.15) is 5.56 Å². The van der Waals surface area contributed by atoms with Crippen LogP contribution in [0.5, 0.6) is 5.75 Å². The van der Waals surface area contributed by atoms with Gasteiger partial charge in [-0.05, 0) is 60.5 Å². The Hall–Kier alpha value is -2.90. The maximum atomic E-state index is 13.0. The summed E-state index contributed by atoms with van der Waals surface area (Å²) >= 11 is 5.88. The van der Waals surface area contributed by atoms with Gasteiger partial charge in [0.1, 0.15) is 11.4 Å². The molecule has 3 aromatic carbocycles. The molecule has 4 rings (SSSR count). The number of azo groups is 1. The van der Waals surface area contributed by atoms with Crippen LogP contribution in [0.3, 0.4) is 0 Å². The van der Waals surface area contributed by atoms with Crippen LogP contribution in [0.25, 0.3) is 0 Å². The lowest BCUT2D eigenvalue weighted by molar-refractivity contribution is 0.476. The fraction of sp³-hybridized carbons (Fsp3) is 0.100. The number of para-hydroxylation sites is 1. The van der Waals surface area contributed by atoms with Crippen LogP contribution in [0.15, 0.2) is 81.9 Å². The van der Waals surface area contributed by atoms with Crippen molar-refractivity contribution in [2.75, 3.05) is 10.8 Å². The second-order valence-corrected chi connectivity index (χ2v) is 8.58. The van der Waals surface area contributed by atoms with E-state index in [1.54, 1.807) is 18.2 Å². The normalized spacial score (nSPS) is 13.8. The summed E-state index contributed by atoms with van der Waals surface area (Å²) in [5.74, 6) is -0.0416. The number of sulfonamides is 1. The zero-order valence-electron chi connectivity index (χ0n) is 14.7. The summed E-state index contributed by atoms with van der Waals surface area (Å²) in [6.45, 7) is 0.428. The van der Waals surface area contributed by atoms with Crippen LogP contribution in [-0.2, 0) is 16.4 Å². The standard InChI is InChI=1S/C20H16ClN3O3S/c21-15-5-10-20(25)18(13-15)23-22-16-6-8-17(9-7-16)28(26,27)24-12-11-14-3-1-2-4-19(14)24/h1-10,13,25H,11-12H2. The molecule has 1 aliphatic rings. The van der Waals surface area contributed by atoms with Crippen molar-refractivity contribution >= 4 is 38.7 Å². The molecule has 0 atom stereocenters. The summed E-state index contributed by atoms with van der Waals surface area (Å²) in [7, 11) is -3.64. The van der Waals surface area contributed by atoms with E-state index in [4.69, 9.17) is 11.6 Å². The smallest absolute Gasteiger partial charge is 0.264 e. The number of anilines is 1. The van der Waals surface area contributed by atoms with Crippen LogP contribution < -0.4 is 4.31 Å². The lowest BCUT2D eigenvalue weighted by Crippen LogP contribution is -2.29. The number of nitrogens with zero attached hydrogens (tertiary/aromatic N) is 3. The van der Waals surface area contributed by atoms with Gasteiger partial charge in [-0.25, -0.2) is 8.42 Å². The number of aromatic hydroxyl groups is 1. The molecule has 0 spiro atoms. The molecule has 1 N–H and O–H groups in total. The molecule has 1 aliphatic heterocycles. The van der Waals surface area contributed by atoms with Gasteiger partial charge in [-0.1, -0.05) is 29.8 Å². The second-order valence-electron chi connectivity index (χ2n) is 6.28. The summed E-state index contributed by atoms with van der Waals surface area (Å²) in [6, 6.07) is 18.1. The van der Waals surface area contributed by atoms with Crippen LogP contribution >= 0.6 is 11.6 Å². The van der Waals surface area contributed by atoms with E-state index >= 15 is 0 Å². The lowest BCUT2D eigenvalue weighted by Gasteiger charge is -2.19. The lowest BCUT2D eigenvalue weighted by atomic mass is 10.2. The number of phenols is 1. The van der Waals surface area contributed by atoms with E-state index in [9.17, 15) is 13.5 Å². The largest absolute Gasteiger partial charge is 0.506 e. The minimum absolute atomic E-state index is 0.0416. The van der Waals surface area contributed by atoms with E-state index in [-0.39, 0.29) is 16.3 Å². The van der Waals surface area contributed by atoms with Crippen molar-refractivity contribution < 1.29 is 13.5 Å². The summed E-state index contributed by atoms with van der Waals surface area (Å²) < 4.78 is 27.4. The highest BCUT2D eigenvalue weighted by molar-refractivity contribution is 7.92. The minimum atomic E-state index is -3.64. The van der Waals surface area contributed by atoms with Crippen molar-refractivity contribution in [3.8, 4) is 5.75 Å². The number of fused-ring (bicyclic) bond motifs is 1. The molecule has 3 aromatic rings. The van der Waals surface area contributed by atoms with E-state index in [1.807, 2.05) is 24.3 Å². The molecule has 142 valence electrons. The third-order valence-electron chi connectivity index (χ3n) is 4.48. The van der Waals surface area contributed by atoms with Gasteiger partial charge >= 0.3 is 0 Å². The zero-order chi connectivity index (χ0) is 19.7. The molecule has 0 bridgehead atoms. The number of hydrogen-bond donors (Lipinski definition) is 1. The summed E-state index contributed by atoms with van der Waals surface area (Å²) in [5.41, 5.74) is 2.44. The van der Waals surface area contributed by atoms with E-state index < -0.39 is 10.0 Å². The maximum Gasteiger partial charge on any atom is 0.264 e. The van der Waals surface area contributed by atoms with Gasteiger partial charge in [0, 0.05) is 11.6 Å². The highest BCUT2D eigenvalue weighted by atomic mass is 35.5. The summed E-state index contributed by atoms with van der Waals surface area (Å²) in [5, 5.41) is 18.2. The first-order chi connectivity index (χ1) is 13.4. The van der Waals surface area contributed by atoms with Crippen molar-refractivity contribution in [3.63, 3.8) is 0 Å². The Kier molecular flexibility index (Phi) is 4.78. The van der Waals surface area contributed by atoms with Gasteiger partial charge in [-0.2, -0.15) is 5.11 Å². The van der Waals surface area contributed by atoms with Gasteiger partial charge in [0.05, 0.1) is 16.3 Å². The fourth-order valence-corrected chi connectivity index (χ4v) is 4.73. The van der Waals surface area contributed by atoms with Crippen molar-refractivity contribution in [2.24, 2.45) is 10.2 Å². The molecule has 0 aromatic heterocycles. The first-order valence-corrected chi connectivity index (χ1v) is 10.4. The van der Waals surface area contributed by atoms with Gasteiger partial charge in [-0.3, -0.25) is 4.31 Å². The Balaban J connectivity index is 1.58. The predicted molar refractivity (Wildman–Crippen MR) is 108 cm³/mol. The SMILES string of the molecule is O=S(=O)(c1ccc(N=Nc2cc(Cl)ccc2O)cc1)N1CCc2ccccc21. The van der Waals surface area contributed by atoms with Gasteiger partial charge < -0.3 is 5.11 Å². The van der Waals surface area contributed by atoms with Crippen molar-refractivity contribution in [2.45, 2.75) is 11.3 Å². The molecule has 8 heteroatoms. The third-order valence-corrected chi connectivity index (χ3v) is 6.54. The monoisotopic (exact) mass is 413 g/mol. The van der Waals surface area contributed by atoms with Crippen molar-refractivity contribution in [1.29, 1.82) is 0 Å². The fourth-order valence-electron chi connectivity index (χ4n) is 3.06. The van der Waals surface area contributed by atoms with Crippen LogP contribution in [0.2, 0.25) is 5.02 Å². The zero-order valence-corrected chi connectivity index (χ0v) is 16.2. The summed E-state index contributed by atoms with van der Waals surface area (Å²) in [4.78, 5) is 0.189. The second kappa shape index (κ2) is 7.26. The Bertz CT molecular complexity index is 1160. The molecule has 0 saturated heterocycles. The maximum absolute atomic E-state index is 13.0. The average molecular weight is 414 g/mol. The molecule has 28 heavy (non-hydrogen) atoms. The number of phenolic OH excluding ortho intramolecular Hbond substituents is 1. The molecule has 0 fully saturated rings. The van der Waals surface area contributed by atoms with E-state index in [1.165, 1.54) is 28.6 Å². The molecule has 0 saturated carbocycles. The van der Waals surface area contributed by atoms with E-state index in [2.05, 4.69) is 10.2 Å². The quantitative estimate of drug-likeness (QED) is 0.596. The molecule has 6 nitrogen and oxygen atoms in total. The Labute approximate surface area is 167 Å². The van der Waals surface area contributed by atoms with Crippen molar-refractivity contribution in [1.82, 2.24) is 0 Å². The highest BCUT2D eigenvalue weighted by Gasteiger charge is 2.30. The molecular formula is C20H16ClN3O3S. The van der Waals surface area contributed by atoms with Crippen LogP contribution in [0.4, 0.5) is 17.1 Å². The molecular weight excluding hydrogens is 398 g/mol. The topological polar surface area (TPSA) is 82.3 Å². The first kappa shape index (κ1) is 18.5. The van der Waals surface area contributed by atoms with E-state index in [0.717, 1.165) is 11.3 Å². The van der Waals surface area contributed by atoms with E-state index in [0.29, 0.717) is 23.7 Å². The van der Waals surface area contributed by atoms with Gasteiger partial charge in [0.15, 0.2) is 0 Å². The summed E-state index contributed by atoms with van der Waals surface area (Å²) in [6.07, 6.45) is 0.699. The van der Waals surface area contributed by atoms with Gasteiger partial charge in [-0.15, -0.1) is 5.11 Å². The molecule has 0 amide bonds. The number of halogens is 1. The van der Waals surface area contributed by atoms with Crippen LogP contribution in [-0.4, -0.2) is 20.1 Å². The third kappa shape index (κ3) is 3.46. The minimum Gasteiger partial charge on any atom is -0.506 e. The van der Waals surface area contributed by atoms with Gasteiger partial charge in [0.25, 0.3) is 10.0 Å². The predicted octanol–water partition coefficient (Wildman–Crippen LogP) is 5.21. The highest BCUT2D eigenvalue weighted by Crippen LogP contribution is 2.34.